The van der Waals surface area contributed by atoms with Gasteiger partial charge in [-0.1, -0.05) is 90.5 Å². The second kappa shape index (κ2) is 14.6. The number of anilines is 2. The maximum absolute atomic E-state index is 5.63. The minimum Gasteiger partial charge on any atom is -0.397 e. The molecule has 1 aliphatic rings. The van der Waals surface area contributed by atoms with E-state index < -0.39 is 0 Å². The number of nitrogens with zero attached hydrogens (tertiary/aromatic N) is 1. The summed E-state index contributed by atoms with van der Waals surface area (Å²) in [4.78, 5) is 2.39. The van der Waals surface area contributed by atoms with Crippen LogP contribution in [0.15, 0.2) is 145 Å². The first-order valence-electron chi connectivity index (χ1n) is 13.8. The smallest absolute Gasteiger partial charge is 0.0609 e. The molecule has 4 rings (SSSR count). The van der Waals surface area contributed by atoms with E-state index in [0.29, 0.717) is 5.70 Å². The van der Waals surface area contributed by atoms with Crippen LogP contribution in [-0.2, 0) is 0 Å². The van der Waals surface area contributed by atoms with Crippen molar-refractivity contribution in [2.24, 2.45) is 5.73 Å². The Morgan fingerprint density at radius 3 is 1.70 bits per heavy atom. The van der Waals surface area contributed by atoms with Gasteiger partial charge in [-0.25, -0.2) is 0 Å². The minimum atomic E-state index is 0.603. The Kier molecular flexibility index (Phi) is 11.0. The van der Waals surface area contributed by atoms with Gasteiger partial charge in [-0.05, 0) is 101 Å². The first-order chi connectivity index (χ1) is 19.2. The topological polar surface area (TPSA) is 41.3 Å². The molecule has 40 heavy (non-hydrogen) atoms. The third kappa shape index (κ3) is 8.25. The molecule has 0 unspecified atom stereocenters. The predicted octanol–water partition coefficient (Wildman–Crippen LogP) is 9.77. The van der Waals surface area contributed by atoms with Gasteiger partial charge in [0.05, 0.1) is 11.4 Å². The first kappa shape index (κ1) is 30.0. The molecular formula is C37H43N3. The van der Waals surface area contributed by atoms with Crippen molar-refractivity contribution in [2.75, 3.05) is 4.90 Å². The molecule has 0 saturated carbocycles. The fraction of sp³-hybridized carbons (Fsp3) is 0.189. The van der Waals surface area contributed by atoms with Crippen LogP contribution in [-0.4, -0.2) is 0 Å². The van der Waals surface area contributed by atoms with Crippen LogP contribution in [0.4, 0.5) is 11.4 Å². The Bertz CT molecular complexity index is 1410. The van der Waals surface area contributed by atoms with Crippen molar-refractivity contribution in [1.82, 2.24) is 5.32 Å². The van der Waals surface area contributed by atoms with Crippen molar-refractivity contribution in [3.63, 3.8) is 0 Å². The summed E-state index contributed by atoms with van der Waals surface area (Å²) in [7, 11) is 0. The van der Waals surface area contributed by atoms with E-state index in [0.717, 1.165) is 24.2 Å². The molecular weight excluding hydrogens is 486 g/mol. The lowest BCUT2D eigenvalue weighted by Gasteiger charge is -2.29. The van der Waals surface area contributed by atoms with Crippen molar-refractivity contribution >= 4 is 11.4 Å². The molecule has 0 spiro atoms. The molecule has 3 N–H and O–H groups in total. The number of nitrogens with one attached hydrogen (secondary N) is 1. The van der Waals surface area contributed by atoms with Crippen molar-refractivity contribution < 1.29 is 0 Å². The summed E-state index contributed by atoms with van der Waals surface area (Å²) in [5.74, 6) is 0. The van der Waals surface area contributed by atoms with Crippen LogP contribution in [0, 0.1) is 13.8 Å². The van der Waals surface area contributed by atoms with Crippen LogP contribution in [0.3, 0.4) is 0 Å². The number of nitrogens with two attached hydrogens (primary N) is 1. The van der Waals surface area contributed by atoms with E-state index in [1.165, 1.54) is 44.9 Å². The Labute approximate surface area is 241 Å². The number of allylic oxidation sites excluding steroid dienone is 8. The number of hydrogen-bond acceptors (Lipinski definition) is 3. The SMILES string of the molecule is C=C/C(N)=C(\C=C)N/C(C)=C/C.CC1=CC=C(N(c2ccc(C)cc2)c2ccc(-c3ccc(C)cc3)cc2)CC1. The molecule has 3 nitrogen and oxygen atoms in total. The summed E-state index contributed by atoms with van der Waals surface area (Å²) in [5, 5.41) is 3.09. The van der Waals surface area contributed by atoms with E-state index in [1.807, 2.05) is 19.9 Å². The number of benzene rings is 3. The lowest BCUT2D eigenvalue weighted by molar-refractivity contribution is 0.874. The fourth-order valence-corrected chi connectivity index (χ4v) is 4.28. The van der Waals surface area contributed by atoms with Gasteiger partial charge in [0.25, 0.3) is 0 Å². The van der Waals surface area contributed by atoms with Gasteiger partial charge < -0.3 is 16.0 Å². The Balaban J connectivity index is 0.000000312. The van der Waals surface area contributed by atoms with Crippen molar-refractivity contribution in [1.29, 1.82) is 0 Å². The molecule has 3 aromatic carbocycles. The second-order valence-electron chi connectivity index (χ2n) is 10.1. The van der Waals surface area contributed by atoms with Gasteiger partial charge in [-0.2, -0.15) is 0 Å². The maximum atomic E-state index is 5.63. The van der Waals surface area contributed by atoms with Gasteiger partial charge in [0.15, 0.2) is 0 Å². The normalized spacial score (nSPS) is 13.6. The zero-order valence-corrected chi connectivity index (χ0v) is 24.7. The van der Waals surface area contributed by atoms with Gasteiger partial charge in [0.1, 0.15) is 0 Å². The third-order valence-electron chi connectivity index (χ3n) is 6.93. The standard InChI is InChI=1S/C27H27N.C10H16N2/c1-20-4-10-23(11-5-20)24-12-18-27(19-13-24)28(25-14-6-21(2)7-15-25)26-16-8-22(3)9-17-26;1-5-8(4)12-10(7-3)9(11)6-2/h4-8,10-16,18-19H,9,17H2,1-3H3;5-7,12H,2-3,11H2,1,4H3/b;8-5+,10-9-. The van der Waals surface area contributed by atoms with Crippen LogP contribution in [0.5, 0.6) is 0 Å². The van der Waals surface area contributed by atoms with E-state index in [-0.39, 0.29) is 0 Å². The van der Waals surface area contributed by atoms with Crippen LogP contribution in [0.1, 0.15) is 44.7 Å². The molecule has 206 valence electrons. The summed E-state index contributed by atoms with van der Waals surface area (Å²) in [5.41, 5.74) is 18.4. The van der Waals surface area contributed by atoms with Crippen LogP contribution in [0.2, 0.25) is 0 Å². The third-order valence-corrected chi connectivity index (χ3v) is 6.93. The molecule has 0 heterocycles. The molecule has 3 aromatic rings. The molecule has 0 aromatic heterocycles. The highest BCUT2D eigenvalue weighted by Crippen LogP contribution is 2.35. The monoisotopic (exact) mass is 529 g/mol. The molecule has 0 amide bonds. The molecule has 0 aliphatic heterocycles. The Morgan fingerprint density at radius 2 is 1.25 bits per heavy atom. The van der Waals surface area contributed by atoms with Gasteiger partial charge in [-0.3, -0.25) is 0 Å². The van der Waals surface area contributed by atoms with Gasteiger partial charge in [0.2, 0.25) is 0 Å². The summed E-state index contributed by atoms with van der Waals surface area (Å²) in [6.07, 6.45) is 11.9. The lowest BCUT2D eigenvalue weighted by Crippen LogP contribution is -2.17. The van der Waals surface area contributed by atoms with E-state index >= 15 is 0 Å². The highest BCUT2D eigenvalue weighted by Gasteiger charge is 2.16. The Hall–Kier alpha value is -4.50. The number of aryl methyl sites for hydroxylation is 2. The van der Waals surface area contributed by atoms with Gasteiger partial charge >= 0.3 is 0 Å². The maximum Gasteiger partial charge on any atom is 0.0609 e. The van der Waals surface area contributed by atoms with Crippen LogP contribution < -0.4 is 16.0 Å². The quantitative estimate of drug-likeness (QED) is 0.285. The molecule has 1 aliphatic carbocycles. The lowest BCUT2D eigenvalue weighted by atomic mass is 10.0. The molecule has 0 bridgehead atoms. The summed E-state index contributed by atoms with van der Waals surface area (Å²) in [6, 6.07) is 26.5. The first-order valence-corrected chi connectivity index (χ1v) is 13.8. The number of hydrogen-bond donors (Lipinski definition) is 2. The van der Waals surface area contributed by atoms with Crippen molar-refractivity contribution in [3.8, 4) is 11.1 Å². The van der Waals surface area contributed by atoms with Crippen LogP contribution in [0.25, 0.3) is 11.1 Å². The molecule has 3 heteroatoms. The zero-order valence-electron chi connectivity index (χ0n) is 24.7. The second-order valence-corrected chi connectivity index (χ2v) is 10.1. The molecule has 0 saturated heterocycles. The average Bonchev–Trinajstić information content (AvgIpc) is 2.98. The van der Waals surface area contributed by atoms with E-state index in [9.17, 15) is 0 Å². The highest BCUT2D eigenvalue weighted by molar-refractivity contribution is 5.73. The van der Waals surface area contributed by atoms with Crippen molar-refractivity contribution in [3.05, 3.63) is 156 Å². The molecule has 0 atom stereocenters. The van der Waals surface area contributed by atoms with Gasteiger partial charge in [0, 0.05) is 22.8 Å². The molecule has 0 fully saturated rings. The van der Waals surface area contributed by atoms with Crippen LogP contribution >= 0.6 is 0 Å². The van der Waals surface area contributed by atoms with E-state index in [4.69, 9.17) is 5.73 Å². The minimum absolute atomic E-state index is 0.603. The van der Waals surface area contributed by atoms with Gasteiger partial charge in [-0.15, -0.1) is 0 Å². The van der Waals surface area contributed by atoms with E-state index in [2.05, 4.69) is 129 Å². The summed E-state index contributed by atoms with van der Waals surface area (Å²) >= 11 is 0. The Morgan fingerprint density at radius 1 is 0.750 bits per heavy atom. The summed E-state index contributed by atoms with van der Waals surface area (Å²) < 4.78 is 0. The fourth-order valence-electron chi connectivity index (χ4n) is 4.28. The van der Waals surface area contributed by atoms with Crippen molar-refractivity contribution in [2.45, 2.75) is 47.5 Å². The predicted molar refractivity (Wildman–Crippen MR) is 175 cm³/mol. The zero-order chi connectivity index (χ0) is 29.1. The largest absolute Gasteiger partial charge is 0.397 e. The number of rotatable bonds is 8. The molecule has 0 radical (unpaired) electrons. The average molecular weight is 530 g/mol. The van der Waals surface area contributed by atoms with E-state index in [1.54, 1.807) is 12.2 Å². The summed E-state index contributed by atoms with van der Waals surface area (Å²) in [6.45, 7) is 17.6. The highest BCUT2D eigenvalue weighted by atomic mass is 15.1.